The number of ether oxygens (including phenoxy) is 2. The van der Waals surface area contributed by atoms with Crippen molar-refractivity contribution in [3.63, 3.8) is 0 Å². The van der Waals surface area contributed by atoms with Crippen LogP contribution in [-0.2, 0) is 9.59 Å². The largest absolute Gasteiger partial charge is 0.427 e. The number of Topliss-reactive ketones (excluding diaryl/α,β-unsaturated/α-hetero) is 1. The molecule has 6 nitrogen and oxygen atoms in total. The van der Waals surface area contributed by atoms with Gasteiger partial charge in [0.05, 0.1) is 11.4 Å². The number of hydrogen-bond acceptors (Lipinski definition) is 6. The predicted molar refractivity (Wildman–Crippen MR) is 138 cm³/mol. The van der Waals surface area contributed by atoms with Gasteiger partial charge in [-0.3, -0.25) is 14.4 Å². The molecule has 1 aliphatic rings. The van der Waals surface area contributed by atoms with E-state index in [1.807, 2.05) is 42.5 Å². The molecule has 6 heteroatoms. The van der Waals surface area contributed by atoms with Crippen molar-refractivity contribution in [1.82, 2.24) is 0 Å². The number of carbonyl (C=O) groups excluding carboxylic acids is 3. The van der Waals surface area contributed by atoms with Gasteiger partial charge < -0.3 is 9.47 Å². The van der Waals surface area contributed by atoms with E-state index in [4.69, 9.17) is 14.5 Å². The molecule has 0 heterocycles. The number of benzene rings is 4. The molecule has 0 saturated heterocycles. The average molecular weight is 476 g/mol. The Kier molecular flexibility index (Phi) is 6.00. The summed E-state index contributed by atoms with van der Waals surface area (Å²) in [5, 5.41) is 1.53. The standard InChI is InChI=1S/C30H21NO5/c1-18(32)35-21-13-11-20(12-14-21)31-28-17-27(30(34)26-10-6-4-8-24(26)28)23-15-16-29(36-19(2)33)25-9-5-3-7-22(23)25/h3-17H,1-2H3. The maximum absolute atomic E-state index is 13.6. The van der Waals surface area contributed by atoms with Crippen molar-refractivity contribution in [2.45, 2.75) is 13.8 Å². The van der Waals surface area contributed by atoms with E-state index in [2.05, 4.69) is 0 Å². The minimum absolute atomic E-state index is 0.111. The fourth-order valence-corrected chi connectivity index (χ4v) is 4.27. The minimum atomic E-state index is -0.413. The quantitative estimate of drug-likeness (QED) is 0.263. The van der Waals surface area contributed by atoms with Crippen LogP contribution >= 0.6 is 0 Å². The van der Waals surface area contributed by atoms with Gasteiger partial charge in [0.25, 0.3) is 0 Å². The minimum Gasteiger partial charge on any atom is -0.427 e. The van der Waals surface area contributed by atoms with Gasteiger partial charge >= 0.3 is 11.9 Å². The van der Waals surface area contributed by atoms with E-state index in [-0.39, 0.29) is 5.78 Å². The first-order valence-electron chi connectivity index (χ1n) is 11.3. The van der Waals surface area contributed by atoms with Crippen molar-refractivity contribution in [3.05, 3.63) is 108 Å². The van der Waals surface area contributed by atoms with Crippen LogP contribution in [0.5, 0.6) is 11.5 Å². The van der Waals surface area contributed by atoms with Crippen LogP contribution < -0.4 is 9.47 Å². The number of hydrogen-bond donors (Lipinski definition) is 0. The summed E-state index contributed by atoms with van der Waals surface area (Å²) in [6.45, 7) is 2.70. The third-order valence-electron chi connectivity index (χ3n) is 5.75. The Hall–Kier alpha value is -4.84. The molecule has 0 N–H and O–H groups in total. The Morgan fingerprint density at radius 1 is 0.667 bits per heavy atom. The summed E-state index contributed by atoms with van der Waals surface area (Å²) in [5.74, 6) is -0.0495. The molecule has 0 bridgehead atoms. The van der Waals surface area contributed by atoms with Crippen LogP contribution in [0.25, 0.3) is 16.3 Å². The zero-order chi connectivity index (χ0) is 25.2. The normalized spacial score (nSPS) is 13.8. The summed E-state index contributed by atoms with van der Waals surface area (Å²) in [6.07, 6.45) is 1.79. The van der Waals surface area contributed by atoms with Crippen LogP contribution in [0.3, 0.4) is 0 Å². The number of aliphatic imine (C=N–C) groups is 1. The molecule has 0 spiro atoms. The Morgan fingerprint density at radius 3 is 2.00 bits per heavy atom. The highest BCUT2D eigenvalue weighted by molar-refractivity contribution is 6.40. The number of rotatable bonds is 4. The molecule has 4 aromatic rings. The summed E-state index contributed by atoms with van der Waals surface area (Å²) >= 11 is 0. The SMILES string of the molecule is CC(=O)Oc1ccc(N=C2C=C(c3ccc(OC(C)=O)c4ccccc34)C(=O)c3ccccc32)cc1. The highest BCUT2D eigenvalue weighted by Crippen LogP contribution is 2.36. The highest BCUT2D eigenvalue weighted by Gasteiger charge is 2.26. The summed E-state index contributed by atoms with van der Waals surface area (Å²) in [4.78, 5) is 41.2. The smallest absolute Gasteiger partial charge is 0.308 e. The third-order valence-corrected chi connectivity index (χ3v) is 5.75. The molecule has 1 aliphatic carbocycles. The van der Waals surface area contributed by atoms with Gasteiger partial charge in [-0.1, -0.05) is 48.5 Å². The van der Waals surface area contributed by atoms with Gasteiger partial charge in [0, 0.05) is 35.9 Å². The molecule has 0 aliphatic heterocycles. The molecule has 0 radical (unpaired) electrons. The van der Waals surface area contributed by atoms with Crippen LogP contribution in [0, 0.1) is 0 Å². The van der Waals surface area contributed by atoms with E-state index in [1.54, 1.807) is 48.5 Å². The van der Waals surface area contributed by atoms with Crippen LogP contribution in [-0.4, -0.2) is 23.4 Å². The van der Waals surface area contributed by atoms with Gasteiger partial charge in [-0.2, -0.15) is 0 Å². The molecule has 0 atom stereocenters. The fourth-order valence-electron chi connectivity index (χ4n) is 4.27. The molecule has 0 aromatic heterocycles. The summed E-state index contributed by atoms with van der Waals surface area (Å²) in [6, 6.07) is 25.2. The Labute approximate surface area is 207 Å². The molecular weight excluding hydrogens is 454 g/mol. The number of ketones is 1. The molecular formula is C30H21NO5. The first kappa shape index (κ1) is 22.9. The maximum Gasteiger partial charge on any atom is 0.308 e. The zero-order valence-corrected chi connectivity index (χ0v) is 19.6. The topological polar surface area (TPSA) is 82.0 Å². The number of carbonyl (C=O) groups is 3. The Bertz CT molecular complexity index is 1600. The zero-order valence-electron chi connectivity index (χ0n) is 19.6. The summed E-state index contributed by atoms with van der Waals surface area (Å²) in [5.41, 5.74) is 3.78. The molecule has 5 rings (SSSR count). The maximum atomic E-state index is 13.6. The van der Waals surface area contributed by atoms with Crippen molar-refractivity contribution in [2.75, 3.05) is 0 Å². The van der Waals surface area contributed by atoms with E-state index in [0.29, 0.717) is 34.0 Å². The summed E-state index contributed by atoms with van der Waals surface area (Å²) in [7, 11) is 0. The van der Waals surface area contributed by atoms with Crippen molar-refractivity contribution < 1.29 is 23.9 Å². The number of fused-ring (bicyclic) bond motifs is 2. The van der Waals surface area contributed by atoms with E-state index in [9.17, 15) is 14.4 Å². The van der Waals surface area contributed by atoms with Crippen molar-refractivity contribution in [1.29, 1.82) is 0 Å². The first-order valence-corrected chi connectivity index (χ1v) is 11.3. The van der Waals surface area contributed by atoms with Crippen LogP contribution in [0.4, 0.5) is 5.69 Å². The van der Waals surface area contributed by atoms with Crippen molar-refractivity contribution in [2.24, 2.45) is 4.99 Å². The molecule has 0 amide bonds. The first-order chi connectivity index (χ1) is 17.4. The second-order valence-electron chi connectivity index (χ2n) is 8.27. The van der Waals surface area contributed by atoms with E-state index < -0.39 is 11.9 Å². The van der Waals surface area contributed by atoms with Crippen LogP contribution in [0.15, 0.2) is 96.0 Å². The number of esters is 2. The molecule has 4 aromatic carbocycles. The molecule has 176 valence electrons. The van der Waals surface area contributed by atoms with Crippen molar-refractivity contribution >= 4 is 45.5 Å². The monoisotopic (exact) mass is 475 g/mol. The Morgan fingerprint density at radius 2 is 1.31 bits per heavy atom. The van der Waals surface area contributed by atoms with Crippen LogP contribution in [0.2, 0.25) is 0 Å². The lowest BCUT2D eigenvalue weighted by Crippen LogP contribution is -2.17. The molecule has 36 heavy (non-hydrogen) atoms. The van der Waals surface area contributed by atoms with Gasteiger partial charge in [0.15, 0.2) is 5.78 Å². The second kappa shape index (κ2) is 9.43. The second-order valence-corrected chi connectivity index (χ2v) is 8.27. The van der Waals surface area contributed by atoms with Crippen molar-refractivity contribution in [3.8, 4) is 11.5 Å². The number of allylic oxidation sites excluding steroid dienone is 2. The number of nitrogens with zero attached hydrogens (tertiary/aromatic N) is 1. The Balaban J connectivity index is 1.65. The van der Waals surface area contributed by atoms with Gasteiger partial charge in [0.1, 0.15) is 11.5 Å². The molecule has 0 fully saturated rings. The van der Waals surface area contributed by atoms with E-state index >= 15 is 0 Å². The van der Waals surface area contributed by atoms with Gasteiger partial charge in [-0.15, -0.1) is 0 Å². The highest BCUT2D eigenvalue weighted by atomic mass is 16.5. The van der Waals surface area contributed by atoms with Crippen LogP contribution in [0.1, 0.15) is 35.3 Å². The lowest BCUT2D eigenvalue weighted by molar-refractivity contribution is -0.132. The molecule has 0 saturated carbocycles. The fraction of sp³-hybridized carbons (Fsp3) is 0.0667. The third kappa shape index (κ3) is 4.44. The predicted octanol–water partition coefficient (Wildman–Crippen LogP) is 6.09. The average Bonchev–Trinajstić information content (AvgIpc) is 2.87. The molecule has 0 unspecified atom stereocenters. The summed E-state index contributed by atoms with van der Waals surface area (Å²) < 4.78 is 10.5. The lowest BCUT2D eigenvalue weighted by atomic mass is 9.84. The lowest BCUT2D eigenvalue weighted by Gasteiger charge is -2.19. The van der Waals surface area contributed by atoms with E-state index in [1.165, 1.54) is 13.8 Å². The van der Waals surface area contributed by atoms with E-state index in [0.717, 1.165) is 21.9 Å². The van der Waals surface area contributed by atoms with Gasteiger partial charge in [-0.05, 0) is 53.4 Å². The van der Waals surface area contributed by atoms with Gasteiger partial charge in [0.2, 0.25) is 0 Å². The van der Waals surface area contributed by atoms with Gasteiger partial charge in [-0.25, -0.2) is 4.99 Å².